The minimum Gasteiger partial charge on any atom is -0.497 e. The summed E-state index contributed by atoms with van der Waals surface area (Å²) in [6.07, 6.45) is 0. The topological polar surface area (TPSA) is 84.5 Å². The number of benzene rings is 3. The molecule has 2 N–H and O–H groups in total. The van der Waals surface area contributed by atoms with Crippen LogP contribution in [0.3, 0.4) is 0 Å². The summed E-state index contributed by atoms with van der Waals surface area (Å²) in [5.74, 6) is 0.269. The number of anilines is 2. The van der Waals surface area contributed by atoms with E-state index in [0.717, 1.165) is 0 Å². The number of methoxy groups -OCH3 is 1. The van der Waals surface area contributed by atoms with Crippen molar-refractivity contribution in [1.82, 2.24) is 0 Å². The van der Waals surface area contributed by atoms with Gasteiger partial charge in [-0.1, -0.05) is 24.3 Å². The molecular weight excluding hydrogens is 364 g/mol. The summed E-state index contributed by atoms with van der Waals surface area (Å²) < 4.78 is 32.7. The molecule has 3 rings (SSSR count). The molecule has 0 aromatic heterocycles. The first-order valence-electron chi connectivity index (χ1n) is 8.11. The molecule has 6 nitrogen and oxygen atoms in total. The lowest BCUT2D eigenvalue weighted by Crippen LogP contribution is -2.16. The molecule has 7 heteroatoms. The summed E-state index contributed by atoms with van der Waals surface area (Å²) in [4.78, 5) is 12.5. The van der Waals surface area contributed by atoms with Crippen LogP contribution in [0.1, 0.15) is 10.4 Å². The second kappa shape index (κ2) is 7.92. The second-order valence-corrected chi connectivity index (χ2v) is 7.36. The lowest BCUT2D eigenvalue weighted by Gasteiger charge is -2.10. The number of amides is 1. The van der Waals surface area contributed by atoms with Crippen LogP contribution in [0.5, 0.6) is 5.75 Å². The molecule has 0 aliphatic carbocycles. The highest BCUT2D eigenvalue weighted by molar-refractivity contribution is 7.92. The van der Waals surface area contributed by atoms with Crippen molar-refractivity contribution < 1.29 is 17.9 Å². The monoisotopic (exact) mass is 382 g/mol. The molecule has 0 spiro atoms. The third-order valence-electron chi connectivity index (χ3n) is 3.78. The van der Waals surface area contributed by atoms with Gasteiger partial charge in [0.1, 0.15) is 5.75 Å². The Morgan fingerprint density at radius 3 is 2.22 bits per heavy atom. The highest BCUT2D eigenvalue weighted by Gasteiger charge is 2.16. The van der Waals surface area contributed by atoms with Gasteiger partial charge in [0.25, 0.3) is 15.9 Å². The van der Waals surface area contributed by atoms with Crippen molar-refractivity contribution in [1.29, 1.82) is 0 Å². The molecule has 0 aliphatic heterocycles. The number of ether oxygens (including phenoxy) is 1. The van der Waals surface area contributed by atoms with Crippen molar-refractivity contribution >= 4 is 27.3 Å². The first kappa shape index (κ1) is 18.5. The number of hydrogen-bond donors (Lipinski definition) is 2. The summed E-state index contributed by atoms with van der Waals surface area (Å²) in [5, 5.41) is 2.73. The van der Waals surface area contributed by atoms with Crippen LogP contribution in [-0.2, 0) is 10.0 Å². The molecule has 0 fully saturated rings. The van der Waals surface area contributed by atoms with Crippen LogP contribution >= 0.6 is 0 Å². The lowest BCUT2D eigenvalue weighted by atomic mass is 10.2. The highest BCUT2D eigenvalue weighted by atomic mass is 32.2. The van der Waals surface area contributed by atoms with Crippen molar-refractivity contribution in [2.75, 3.05) is 17.1 Å². The maximum absolute atomic E-state index is 12.5. The average Bonchev–Trinajstić information content (AvgIpc) is 2.69. The Bertz CT molecular complexity index is 1030. The summed E-state index contributed by atoms with van der Waals surface area (Å²) in [6, 6.07) is 21.3. The molecule has 27 heavy (non-hydrogen) atoms. The Labute approximate surface area is 157 Å². The van der Waals surface area contributed by atoms with Gasteiger partial charge >= 0.3 is 0 Å². The third kappa shape index (κ3) is 4.65. The van der Waals surface area contributed by atoms with Crippen LogP contribution in [0, 0.1) is 0 Å². The zero-order valence-corrected chi connectivity index (χ0v) is 15.4. The molecule has 0 atom stereocenters. The Morgan fingerprint density at radius 1 is 0.852 bits per heavy atom. The minimum absolute atomic E-state index is 0.00809. The van der Waals surface area contributed by atoms with Crippen molar-refractivity contribution in [2.45, 2.75) is 4.90 Å². The molecule has 0 heterocycles. The van der Waals surface area contributed by atoms with Gasteiger partial charge in [0.2, 0.25) is 0 Å². The standard InChI is InChI=1S/C20H18N2O4S/c1-26-18-12-10-16(11-13-18)21-20(23)15-6-5-9-19(14-15)27(24,25)22-17-7-3-2-4-8-17/h2-14,22H,1H3,(H,21,23). The average molecular weight is 382 g/mol. The van der Waals surface area contributed by atoms with Crippen LogP contribution < -0.4 is 14.8 Å². The van der Waals surface area contributed by atoms with Gasteiger partial charge in [0, 0.05) is 16.9 Å². The van der Waals surface area contributed by atoms with Crippen LogP contribution in [0.25, 0.3) is 0 Å². The summed E-state index contributed by atoms with van der Waals surface area (Å²) in [5.41, 5.74) is 1.27. The van der Waals surface area contributed by atoms with Crippen molar-refractivity contribution in [3.63, 3.8) is 0 Å². The van der Waals surface area contributed by atoms with Gasteiger partial charge in [-0.25, -0.2) is 8.42 Å². The normalized spacial score (nSPS) is 10.9. The van der Waals surface area contributed by atoms with E-state index < -0.39 is 15.9 Å². The van der Waals surface area contributed by atoms with E-state index in [1.54, 1.807) is 67.8 Å². The van der Waals surface area contributed by atoms with E-state index in [9.17, 15) is 13.2 Å². The summed E-state index contributed by atoms with van der Waals surface area (Å²) >= 11 is 0. The van der Waals surface area contributed by atoms with Gasteiger partial charge in [0.05, 0.1) is 12.0 Å². The molecule has 1 amide bonds. The molecule has 3 aromatic carbocycles. The number of rotatable bonds is 6. The SMILES string of the molecule is COc1ccc(NC(=O)c2cccc(S(=O)(=O)Nc3ccccc3)c2)cc1. The molecule has 0 unspecified atom stereocenters. The van der Waals surface area contributed by atoms with Crippen LogP contribution in [-0.4, -0.2) is 21.4 Å². The van der Waals surface area contributed by atoms with Gasteiger partial charge in [-0.3, -0.25) is 9.52 Å². The van der Waals surface area contributed by atoms with Gasteiger partial charge in [-0.2, -0.15) is 0 Å². The fraction of sp³-hybridized carbons (Fsp3) is 0.0500. The maximum Gasteiger partial charge on any atom is 0.261 e. The van der Waals surface area contributed by atoms with E-state index in [4.69, 9.17) is 4.74 Å². The van der Waals surface area contributed by atoms with E-state index in [1.165, 1.54) is 18.2 Å². The largest absolute Gasteiger partial charge is 0.497 e. The van der Waals surface area contributed by atoms with Crippen molar-refractivity contribution in [2.24, 2.45) is 0 Å². The second-order valence-electron chi connectivity index (χ2n) is 5.68. The Balaban J connectivity index is 1.78. The van der Waals surface area contributed by atoms with Crippen molar-refractivity contribution in [3.05, 3.63) is 84.4 Å². The van der Waals surface area contributed by atoms with Crippen LogP contribution in [0.2, 0.25) is 0 Å². The number of sulfonamides is 1. The molecular formula is C20H18N2O4S. The predicted octanol–water partition coefficient (Wildman–Crippen LogP) is 3.75. The quantitative estimate of drug-likeness (QED) is 0.680. The third-order valence-corrected chi connectivity index (χ3v) is 5.16. The van der Waals surface area contributed by atoms with Gasteiger partial charge in [0.15, 0.2) is 0 Å². The minimum atomic E-state index is -3.80. The summed E-state index contributed by atoms with van der Waals surface area (Å²) in [7, 11) is -2.24. The molecule has 0 aliphatic rings. The van der Waals surface area contributed by atoms with Gasteiger partial charge < -0.3 is 10.1 Å². The fourth-order valence-electron chi connectivity index (χ4n) is 2.40. The fourth-order valence-corrected chi connectivity index (χ4v) is 3.51. The lowest BCUT2D eigenvalue weighted by molar-refractivity contribution is 0.102. The Morgan fingerprint density at radius 2 is 1.56 bits per heavy atom. The Kier molecular flexibility index (Phi) is 5.42. The smallest absolute Gasteiger partial charge is 0.261 e. The van der Waals surface area contributed by atoms with E-state index in [2.05, 4.69) is 10.0 Å². The van der Waals surface area contributed by atoms with Crippen LogP contribution in [0.15, 0.2) is 83.8 Å². The van der Waals surface area contributed by atoms with Gasteiger partial charge in [-0.15, -0.1) is 0 Å². The van der Waals surface area contributed by atoms with Gasteiger partial charge in [-0.05, 0) is 54.6 Å². The molecule has 138 valence electrons. The first-order valence-corrected chi connectivity index (χ1v) is 9.59. The number of hydrogen-bond acceptors (Lipinski definition) is 4. The van der Waals surface area contributed by atoms with E-state index in [-0.39, 0.29) is 10.5 Å². The zero-order chi connectivity index (χ0) is 19.3. The molecule has 0 saturated heterocycles. The molecule has 0 bridgehead atoms. The number of carbonyl (C=O) groups is 1. The number of carbonyl (C=O) groups excluding carboxylic acids is 1. The molecule has 3 aromatic rings. The maximum atomic E-state index is 12.5. The molecule has 0 saturated carbocycles. The Hall–Kier alpha value is -3.32. The van der Waals surface area contributed by atoms with Crippen LogP contribution in [0.4, 0.5) is 11.4 Å². The van der Waals surface area contributed by atoms with E-state index >= 15 is 0 Å². The zero-order valence-electron chi connectivity index (χ0n) is 14.5. The predicted molar refractivity (Wildman–Crippen MR) is 105 cm³/mol. The first-order chi connectivity index (χ1) is 13.0. The highest BCUT2D eigenvalue weighted by Crippen LogP contribution is 2.19. The van der Waals surface area contributed by atoms with E-state index in [0.29, 0.717) is 17.1 Å². The molecule has 0 radical (unpaired) electrons. The van der Waals surface area contributed by atoms with E-state index in [1.807, 2.05) is 0 Å². The number of nitrogens with one attached hydrogen (secondary N) is 2. The van der Waals surface area contributed by atoms with Crippen molar-refractivity contribution in [3.8, 4) is 5.75 Å². The number of para-hydroxylation sites is 1. The summed E-state index contributed by atoms with van der Waals surface area (Å²) in [6.45, 7) is 0.